The first-order chi connectivity index (χ1) is 9.79. The summed E-state index contributed by atoms with van der Waals surface area (Å²) in [6.45, 7) is 0.487. The molecule has 1 aromatic rings. The minimum atomic E-state index is -4.61. The van der Waals surface area contributed by atoms with Crippen LogP contribution in [-0.4, -0.2) is 46.3 Å². The van der Waals surface area contributed by atoms with Crippen LogP contribution in [0.25, 0.3) is 0 Å². The summed E-state index contributed by atoms with van der Waals surface area (Å²) in [6, 6.07) is 0.790. The van der Waals surface area contributed by atoms with Crippen LogP contribution in [0.2, 0.25) is 0 Å². The highest BCUT2D eigenvalue weighted by molar-refractivity contribution is 5.90. The predicted octanol–water partition coefficient (Wildman–Crippen LogP) is 0.275. The lowest BCUT2D eigenvalue weighted by Crippen LogP contribution is -2.56. The number of aliphatic carboxylic acids is 1. The fourth-order valence-corrected chi connectivity index (χ4v) is 1.99. The van der Waals surface area contributed by atoms with E-state index in [0.717, 1.165) is 12.1 Å². The summed E-state index contributed by atoms with van der Waals surface area (Å²) in [6.07, 6.45) is -5.08. The summed E-state index contributed by atoms with van der Waals surface area (Å²) < 4.78 is 37.2. The zero-order chi connectivity index (χ0) is 15.6. The minimum absolute atomic E-state index is 0.0316. The van der Waals surface area contributed by atoms with E-state index < -0.39 is 36.2 Å². The quantitative estimate of drug-likeness (QED) is 0.832. The third kappa shape index (κ3) is 3.38. The molecule has 0 aromatic carbocycles. The summed E-state index contributed by atoms with van der Waals surface area (Å²) in [7, 11) is 0. The molecule has 0 bridgehead atoms. The first-order valence-corrected chi connectivity index (χ1v) is 5.96. The monoisotopic (exact) mass is 304 g/mol. The van der Waals surface area contributed by atoms with Gasteiger partial charge >= 0.3 is 12.1 Å². The van der Waals surface area contributed by atoms with Crippen molar-refractivity contribution in [3.05, 3.63) is 17.8 Å². The van der Waals surface area contributed by atoms with Gasteiger partial charge in [0, 0.05) is 13.1 Å². The van der Waals surface area contributed by atoms with Crippen molar-refractivity contribution in [1.29, 1.82) is 0 Å². The lowest BCUT2D eigenvalue weighted by atomic mass is 10.1. The second-order valence-electron chi connectivity index (χ2n) is 4.37. The van der Waals surface area contributed by atoms with Gasteiger partial charge in [0.15, 0.2) is 11.5 Å². The molecule has 1 aliphatic rings. The summed E-state index contributed by atoms with van der Waals surface area (Å²) >= 11 is 0. The largest absolute Gasteiger partial charge is 0.481 e. The smallest absolute Gasteiger partial charge is 0.435 e. The molecule has 2 rings (SSSR count). The Kier molecular flexibility index (Phi) is 3.96. The number of piperazine rings is 1. The second kappa shape index (κ2) is 5.54. The maximum absolute atomic E-state index is 12.4. The number of carbonyl (C=O) groups is 2. The van der Waals surface area contributed by atoms with Gasteiger partial charge in [-0.3, -0.25) is 9.59 Å². The Labute approximate surface area is 116 Å². The number of halogens is 3. The third-order valence-electron chi connectivity index (χ3n) is 2.93. The van der Waals surface area contributed by atoms with Crippen LogP contribution in [0.15, 0.2) is 12.1 Å². The number of rotatable bonds is 3. The maximum Gasteiger partial charge on any atom is 0.435 e. The molecule has 2 N–H and O–H groups in total. The van der Waals surface area contributed by atoms with E-state index in [-0.39, 0.29) is 18.9 Å². The fraction of sp³-hybridized carbons (Fsp3) is 0.455. The average molecular weight is 304 g/mol. The Balaban J connectivity index is 2.25. The number of anilines is 1. The predicted molar refractivity (Wildman–Crippen MR) is 63.4 cm³/mol. The van der Waals surface area contributed by atoms with E-state index in [1.807, 2.05) is 0 Å². The van der Waals surface area contributed by atoms with Crippen molar-refractivity contribution in [2.24, 2.45) is 0 Å². The Bertz CT molecular complexity index is 547. The van der Waals surface area contributed by atoms with Gasteiger partial charge in [-0.05, 0) is 12.1 Å². The average Bonchev–Trinajstić information content (AvgIpc) is 2.40. The highest BCUT2D eigenvalue weighted by atomic mass is 19.4. The van der Waals surface area contributed by atoms with Gasteiger partial charge in [0.2, 0.25) is 5.91 Å². The molecule has 0 radical (unpaired) electrons. The first kappa shape index (κ1) is 15.0. The van der Waals surface area contributed by atoms with Crippen molar-refractivity contribution in [3.8, 4) is 0 Å². The van der Waals surface area contributed by atoms with E-state index in [2.05, 4.69) is 15.5 Å². The standard InChI is InChI=1S/C11H11F3N4O3/c12-11(13,14)7-1-2-8(17-16-7)18-4-3-15-10(21)6(18)5-9(19)20/h1-2,6H,3-5H2,(H,15,21)(H,19,20). The van der Waals surface area contributed by atoms with Gasteiger partial charge in [0.05, 0.1) is 6.42 Å². The van der Waals surface area contributed by atoms with Crippen LogP contribution in [0.4, 0.5) is 19.0 Å². The molecule has 21 heavy (non-hydrogen) atoms. The molecule has 114 valence electrons. The Morgan fingerprint density at radius 1 is 1.43 bits per heavy atom. The molecule has 1 fully saturated rings. The van der Waals surface area contributed by atoms with Crippen molar-refractivity contribution in [2.45, 2.75) is 18.6 Å². The SMILES string of the molecule is O=C(O)CC1C(=O)NCCN1c1ccc(C(F)(F)F)nn1. The zero-order valence-electron chi connectivity index (χ0n) is 10.6. The molecule has 1 aliphatic heterocycles. The van der Waals surface area contributed by atoms with Crippen LogP contribution in [0.3, 0.4) is 0 Å². The van der Waals surface area contributed by atoms with E-state index >= 15 is 0 Å². The first-order valence-electron chi connectivity index (χ1n) is 5.96. The Morgan fingerprint density at radius 2 is 2.14 bits per heavy atom. The number of aromatic nitrogens is 2. The van der Waals surface area contributed by atoms with Gasteiger partial charge in [0.1, 0.15) is 6.04 Å². The number of carboxylic acid groups (broad SMARTS) is 1. The number of carboxylic acids is 1. The summed E-state index contributed by atoms with van der Waals surface area (Å²) in [5.41, 5.74) is -1.15. The molecule has 1 amide bonds. The van der Waals surface area contributed by atoms with Gasteiger partial charge in [-0.1, -0.05) is 0 Å². The van der Waals surface area contributed by atoms with E-state index in [0.29, 0.717) is 0 Å². The van der Waals surface area contributed by atoms with Gasteiger partial charge in [-0.15, -0.1) is 10.2 Å². The summed E-state index contributed by atoms with van der Waals surface area (Å²) in [4.78, 5) is 23.8. The van der Waals surface area contributed by atoms with Crippen LogP contribution in [-0.2, 0) is 15.8 Å². The summed E-state index contributed by atoms with van der Waals surface area (Å²) in [5, 5.41) is 17.8. The molecule has 10 heteroatoms. The van der Waals surface area contributed by atoms with Crippen molar-refractivity contribution < 1.29 is 27.9 Å². The van der Waals surface area contributed by atoms with Crippen molar-refractivity contribution in [1.82, 2.24) is 15.5 Å². The minimum Gasteiger partial charge on any atom is -0.481 e. The van der Waals surface area contributed by atoms with Crippen LogP contribution >= 0.6 is 0 Å². The van der Waals surface area contributed by atoms with E-state index in [4.69, 9.17) is 5.11 Å². The molecular weight excluding hydrogens is 293 g/mol. The maximum atomic E-state index is 12.4. The fourth-order valence-electron chi connectivity index (χ4n) is 1.99. The molecule has 1 saturated heterocycles. The van der Waals surface area contributed by atoms with Gasteiger partial charge in [0.25, 0.3) is 0 Å². The number of amides is 1. The third-order valence-corrected chi connectivity index (χ3v) is 2.93. The molecule has 0 saturated carbocycles. The number of hydrogen-bond donors (Lipinski definition) is 2. The van der Waals surface area contributed by atoms with Crippen LogP contribution < -0.4 is 10.2 Å². The van der Waals surface area contributed by atoms with Crippen LogP contribution in [0.5, 0.6) is 0 Å². The molecule has 0 spiro atoms. The van der Waals surface area contributed by atoms with Crippen molar-refractivity contribution in [2.75, 3.05) is 18.0 Å². The number of nitrogens with one attached hydrogen (secondary N) is 1. The molecule has 1 atom stereocenters. The highest BCUT2D eigenvalue weighted by Crippen LogP contribution is 2.28. The second-order valence-corrected chi connectivity index (χ2v) is 4.37. The van der Waals surface area contributed by atoms with E-state index in [1.165, 1.54) is 4.90 Å². The number of hydrogen-bond acceptors (Lipinski definition) is 5. The topological polar surface area (TPSA) is 95.4 Å². The number of carbonyl (C=O) groups excluding carboxylic acids is 1. The molecular formula is C11H11F3N4O3. The number of nitrogens with zero attached hydrogens (tertiary/aromatic N) is 3. The molecule has 7 nitrogen and oxygen atoms in total. The van der Waals surface area contributed by atoms with Gasteiger partial charge < -0.3 is 15.3 Å². The van der Waals surface area contributed by atoms with Gasteiger partial charge in [-0.2, -0.15) is 13.2 Å². The lowest BCUT2D eigenvalue weighted by molar-refractivity contribution is -0.141. The highest BCUT2D eigenvalue weighted by Gasteiger charge is 2.35. The number of alkyl halides is 3. The molecule has 1 aromatic heterocycles. The molecule has 0 aliphatic carbocycles. The van der Waals surface area contributed by atoms with Crippen molar-refractivity contribution in [3.63, 3.8) is 0 Å². The molecule has 2 heterocycles. The van der Waals surface area contributed by atoms with E-state index in [9.17, 15) is 22.8 Å². The lowest BCUT2D eigenvalue weighted by Gasteiger charge is -2.34. The van der Waals surface area contributed by atoms with Crippen molar-refractivity contribution >= 4 is 17.7 Å². The van der Waals surface area contributed by atoms with Crippen LogP contribution in [0.1, 0.15) is 12.1 Å². The van der Waals surface area contributed by atoms with Gasteiger partial charge in [-0.25, -0.2) is 0 Å². The van der Waals surface area contributed by atoms with Crippen LogP contribution in [0, 0.1) is 0 Å². The Hall–Kier alpha value is -2.39. The normalized spacial score (nSPS) is 19.3. The van der Waals surface area contributed by atoms with E-state index in [1.54, 1.807) is 0 Å². The molecule has 1 unspecified atom stereocenters. The zero-order valence-corrected chi connectivity index (χ0v) is 10.6. The summed E-state index contributed by atoms with van der Waals surface area (Å²) in [5.74, 6) is -1.67. The Morgan fingerprint density at radius 3 is 2.67 bits per heavy atom.